The zero-order valence-corrected chi connectivity index (χ0v) is 15.9. The Bertz CT molecular complexity index is 717. The first-order valence-electron chi connectivity index (χ1n) is 7.83. The smallest absolute Gasteiger partial charge is 0.330 e. The summed E-state index contributed by atoms with van der Waals surface area (Å²) in [4.78, 5) is 35.7. The van der Waals surface area contributed by atoms with Crippen molar-refractivity contribution in [1.82, 2.24) is 5.32 Å². The molecule has 0 heterocycles. The first-order chi connectivity index (χ1) is 11.9. The van der Waals surface area contributed by atoms with Gasteiger partial charge in [-0.05, 0) is 53.7 Å². The number of rotatable bonds is 7. The molecule has 1 aliphatic carbocycles. The van der Waals surface area contributed by atoms with E-state index < -0.39 is 11.9 Å². The molecule has 2 amide bonds. The monoisotopic (exact) mass is 428 g/mol. The highest BCUT2D eigenvalue weighted by Crippen LogP contribution is 2.31. The minimum Gasteiger partial charge on any atom is -0.463 e. The van der Waals surface area contributed by atoms with Crippen LogP contribution >= 0.6 is 27.5 Å². The molecule has 0 radical (unpaired) electrons. The Morgan fingerprint density at radius 3 is 2.68 bits per heavy atom. The zero-order valence-electron chi connectivity index (χ0n) is 13.6. The maximum atomic E-state index is 12.4. The van der Waals surface area contributed by atoms with Gasteiger partial charge in [-0.15, -0.1) is 0 Å². The number of hydrogen-bond acceptors (Lipinski definition) is 4. The number of anilines is 1. The van der Waals surface area contributed by atoms with Gasteiger partial charge in [0.15, 0.2) is 0 Å². The summed E-state index contributed by atoms with van der Waals surface area (Å²) in [6.07, 6.45) is 4.30. The van der Waals surface area contributed by atoms with Crippen LogP contribution in [0.4, 0.5) is 5.69 Å². The summed E-state index contributed by atoms with van der Waals surface area (Å²) in [5, 5.41) is 5.79. The van der Waals surface area contributed by atoms with Gasteiger partial charge < -0.3 is 15.4 Å². The lowest BCUT2D eigenvalue weighted by atomic mass is 10.1. The van der Waals surface area contributed by atoms with E-state index in [-0.39, 0.29) is 23.8 Å². The largest absolute Gasteiger partial charge is 0.463 e. The highest BCUT2D eigenvalue weighted by atomic mass is 79.9. The molecular weight excluding hydrogens is 412 g/mol. The number of ether oxygens (including phenoxy) is 1. The van der Waals surface area contributed by atoms with Crippen molar-refractivity contribution < 1.29 is 19.1 Å². The van der Waals surface area contributed by atoms with E-state index >= 15 is 0 Å². The van der Waals surface area contributed by atoms with Crippen molar-refractivity contribution in [1.29, 1.82) is 0 Å². The van der Waals surface area contributed by atoms with Crippen LogP contribution in [0.1, 0.15) is 30.1 Å². The topological polar surface area (TPSA) is 84.5 Å². The molecule has 6 nitrogen and oxygen atoms in total. The van der Waals surface area contributed by atoms with E-state index in [2.05, 4.69) is 26.6 Å². The lowest BCUT2D eigenvalue weighted by Crippen LogP contribution is -2.27. The second kappa shape index (κ2) is 9.01. The molecule has 1 aromatic rings. The van der Waals surface area contributed by atoms with Crippen molar-refractivity contribution >= 4 is 51.0 Å². The third-order valence-corrected chi connectivity index (χ3v) is 4.30. The Morgan fingerprint density at radius 2 is 2.04 bits per heavy atom. The first-order valence-corrected chi connectivity index (χ1v) is 9.00. The molecule has 0 aliphatic heterocycles. The fraction of sp³-hybridized carbons (Fsp3) is 0.353. The van der Waals surface area contributed by atoms with Crippen LogP contribution in [0.5, 0.6) is 0 Å². The van der Waals surface area contributed by atoms with Crippen LogP contribution in [0.15, 0.2) is 28.8 Å². The molecule has 0 bridgehead atoms. The Balaban J connectivity index is 2.13. The molecule has 0 spiro atoms. The first kappa shape index (κ1) is 19.5. The third kappa shape index (κ3) is 6.17. The summed E-state index contributed by atoms with van der Waals surface area (Å²) in [7, 11) is 0. The second-order valence-electron chi connectivity index (χ2n) is 5.54. The van der Waals surface area contributed by atoms with Crippen LogP contribution in [0.3, 0.4) is 0 Å². The highest BCUT2D eigenvalue weighted by Gasteiger charge is 2.23. The van der Waals surface area contributed by atoms with E-state index in [1.807, 2.05) is 0 Å². The fourth-order valence-corrected chi connectivity index (χ4v) is 2.94. The average Bonchev–Trinajstić information content (AvgIpc) is 3.37. The van der Waals surface area contributed by atoms with Gasteiger partial charge in [-0.1, -0.05) is 11.6 Å². The summed E-state index contributed by atoms with van der Waals surface area (Å²) >= 11 is 9.31. The van der Waals surface area contributed by atoms with Gasteiger partial charge in [0.05, 0.1) is 17.9 Å². The number of carbonyl (C=O) groups is 3. The number of nitrogens with one attached hydrogen (secondary N) is 2. The predicted octanol–water partition coefficient (Wildman–Crippen LogP) is 3.30. The third-order valence-electron chi connectivity index (χ3n) is 3.45. The maximum absolute atomic E-state index is 12.4. The molecule has 0 atom stereocenters. The summed E-state index contributed by atoms with van der Waals surface area (Å²) in [6.45, 7) is 2.49. The van der Waals surface area contributed by atoms with Crippen molar-refractivity contribution in [2.45, 2.75) is 19.8 Å². The quantitative estimate of drug-likeness (QED) is 0.514. The molecule has 0 saturated heterocycles. The van der Waals surface area contributed by atoms with E-state index in [0.717, 1.165) is 25.0 Å². The standard InChI is InChI=1S/C17H18BrClN2O4/c1-2-25-15(23)6-5-14(22)21-16-12(7-11(19)8-13(16)18)17(24)20-9-10-3-4-10/h5-8,10H,2-4,9H2,1H3,(H,20,24)(H,21,22). The maximum Gasteiger partial charge on any atom is 0.330 e. The van der Waals surface area contributed by atoms with Crippen LogP contribution in [-0.4, -0.2) is 30.9 Å². The molecule has 2 N–H and O–H groups in total. The van der Waals surface area contributed by atoms with Crippen molar-refractivity contribution in [3.8, 4) is 0 Å². The normalized spacial score (nSPS) is 13.6. The Morgan fingerprint density at radius 1 is 1.32 bits per heavy atom. The van der Waals surface area contributed by atoms with E-state index in [4.69, 9.17) is 16.3 Å². The molecule has 0 aromatic heterocycles. The Kier molecular flexibility index (Phi) is 7.01. The van der Waals surface area contributed by atoms with Crippen LogP contribution < -0.4 is 10.6 Å². The van der Waals surface area contributed by atoms with E-state index in [9.17, 15) is 14.4 Å². The molecule has 2 rings (SSSR count). The lowest BCUT2D eigenvalue weighted by Gasteiger charge is -2.13. The van der Waals surface area contributed by atoms with Gasteiger partial charge in [-0.2, -0.15) is 0 Å². The number of benzene rings is 1. The number of esters is 1. The zero-order chi connectivity index (χ0) is 18.4. The van der Waals surface area contributed by atoms with Gasteiger partial charge in [0, 0.05) is 28.2 Å². The van der Waals surface area contributed by atoms with Gasteiger partial charge in [0.25, 0.3) is 5.91 Å². The van der Waals surface area contributed by atoms with Gasteiger partial charge in [-0.25, -0.2) is 4.79 Å². The van der Waals surface area contributed by atoms with Crippen molar-refractivity contribution in [2.75, 3.05) is 18.5 Å². The molecule has 25 heavy (non-hydrogen) atoms. The van der Waals surface area contributed by atoms with E-state index in [1.54, 1.807) is 13.0 Å². The number of halogens is 2. The van der Waals surface area contributed by atoms with Crippen molar-refractivity contribution in [2.24, 2.45) is 5.92 Å². The van der Waals surface area contributed by atoms with Crippen LogP contribution in [-0.2, 0) is 14.3 Å². The number of carbonyl (C=O) groups excluding carboxylic acids is 3. The molecule has 1 aliphatic rings. The van der Waals surface area contributed by atoms with Crippen LogP contribution in [0.25, 0.3) is 0 Å². The Hall–Kier alpha value is -1.86. The molecule has 1 saturated carbocycles. The summed E-state index contributed by atoms with van der Waals surface area (Å²) in [5.41, 5.74) is 0.536. The van der Waals surface area contributed by atoms with Gasteiger partial charge in [0.2, 0.25) is 5.91 Å². The molecule has 134 valence electrons. The summed E-state index contributed by atoms with van der Waals surface area (Å²) in [6, 6.07) is 3.06. The molecule has 1 fully saturated rings. The molecule has 1 aromatic carbocycles. The van der Waals surface area contributed by atoms with E-state index in [1.165, 1.54) is 6.07 Å². The minimum absolute atomic E-state index is 0.221. The van der Waals surface area contributed by atoms with Gasteiger partial charge >= 0.3 is 5.97 Å². The predicted molar refractivity (Wildman–Crippen MR) is 98.6 cm³/mol. The second-order valence-corrected chi connectivity index (χ2v) is 6.83. The molecular formula is C17H18BrClN2O4. The number of hydrogen-bond donors (Lipinski definition) is 2. The Labute approximate surface area is 159 Å². The highest BCUT2D eigenvalue weighted by molar-refractivity contribution is 9.10. The lowest BCUT2D eigenvalue weighted by molar-refractivity contribution is -0.137. The minimum atomic E-state index is -0.616. The SMILES string of the molecule is CCOC(=O)C=CC(=O)Nc1c(Br)cc(Cl)cc1C(=O)NCC1CC1. The van der Waals surface area contributed by atoms with E-state index in [0.29, 0.717) is 22.0 Å². The van der Waals surface area contributed by atoms with Crippen LogP contribution in [0.2, 0.25) is 5.02 Å². The van der Waals surface area contributed by atoms with Crippen molar-refractivity contribution in [3.05, 3.63) is 39.3 Å². The molecule has 8 heteroatoms. The van der Waals surface area contributed by atoms with Crippen molar-refractivity contribution in [3.63, 3.8) is 0 Å². The van der Waals surface area contributed by atoms with Crippen LogP contribution in [0, 0.1) is 5.92 Å². The average molecular weight is 430 g/mol. The number of amides is 2. The summed E-state index contributed by atoms with van der Waals surface area (Å²) in [5.74, 6) is -0.973. The van der Waals surface area contributed by atoms with Gasteiger partial charge in [0.1, 0.15) is 0 Å². The molecule has 0 unspecified atom stereocenters. The van der Waals surface area contributed by atoms with Gasteiger partial charge in [-0.3, -0.25) is 9.59 Å². The summed E-state index contributed by atoms with van der Waals surface area (Å²) < 4.78 is 5.17. The fourth-order valence-electron chi connectivity index (χ4n) is 2.03.